The zero-order valence-corrected chi connectivity index (χ0v) is 32.8. The topological polar surface area (TPSA) is 94.3 Å². The van der Waals surface area contributed by atoms with Gasteiger partial charge in [0.25, 0.3) is 0 Å². The third kappa shape index (κ3) is 6.99. The number of ether oxygens (including phenoxy) is 4. The van der Waals surface area contributed by atoms with Crippen LogP contribution in [0, 0.1) is 0 Å². The molecule has 0 radical (unpaired) electrons. The second-order valence-corrected chi connectivity index (χ2v) is 13.4. The molecule has 7 aromatic rings. The summed E-state index contributed by atoms with van der Waals surface area (Å²) in [6.07, 6.45) is 8.37. The molecule has 9 heteroatoms. The molecule has 0 saturated heterocycles. The summed E-state index contributed by atoms with van der Waals surface area (Å²) in [6.45, 7) is 0. The average Bonchev–Trinajstić information content (AvgIpc) is 4.10. The van der Waals surface area contributed by atoms with Crippen LogP contribution in [0.3, 0.4) is 0 Å². The van der Waals surface area contributed by atoms with Gasteiger partial charge in [-0.3, -0.25) is 0 Å². The molecule has 2 N–H and O–H groups in total. The van der Waals surface area contributed by atoms with Crippen LogP contribution in [0.15, 0.2) is 121 Å². The molecule has 0 amide bonds. The van der Waals surface area contributed by atoms with Crippen LogP contribution in [0.2, 0.25) is 0 Å². The molecule has 0 unspecified atom stereocenters. The minimum atomic E-state index is 0. The van der Waals surface area contributed by atoms with Gasteiger partial charge in [-0.2, -0.15) is 0 Å². The van der Waals surface area contributed by atoms with Crippen LogP contribution in [0.4, 0.5) is 0 Å². The van der Waals surface area contributed by atoms with Gasteiger partial charge < -0.3 is 28.9 Å². The van der Waals surface area contributed by atoms with Crippen LogP contribution in [0.5, 0.6) is 23.0 Å². The fraction of sp³-hybridized carbons (Fsp3) is 0.0833. The normalized spacial score (nSPS) is 11.6. The summed E-state index contributed by atoms with van der Waals surface area (Å²) < 4.78 is 22.1. The van der Waals surface area contributed by atoms with Crippen molar-refractivity contribution in [2.24, 2.45) is 0 Å². The van der Waals surface area contributed by atoms with E-state index in [9.17, 15) is 0 Å². The summed E-state index contributed by atoms with van der Waals surface area (Å²) in [4.78, 5) is 18.4. The van der Waals surface area contributed by atoms with Crippen molar-refractivity contribution in [1.82, 2.24) is 19.9 Å². The molecule has 2 aliphatic heterocycles. The van der Waals surface area contributed by atoms with Gasteiger partial charge in [-0.25, -0.2) is 9.97 Å². The van der Waals surface area contributed by atoms with E-state index in [1.807, 2.05) is 48.5 Å². The van der Waals surface area contributed by atoms with Gasteiger partial charge in [0.1, 0.15) is 23.0 Å². The third-order valence-corrected chi connectivity index (χ3v) is 10.3. The molecule has 3 aromatic heterocycles. The first-order valence-electron chi connectivity index (χ1n) is 18.3. The van der Waals surface area contributed by atoms with Crippen LogP contribution in [0.1, 0.15) is 22.8 Å². The van der Waals surface area contributed by atoms with E-state index >= 15 is 0 Å². The number of aromatic nitrogens is 4. The van der Waals surface area contributed by atoms with E-state index in [4.69, 9.17) is 28.9 Å². The molecule has 4 aromatic carbocycles. The van der Waals surface area contributed by atoms with Gasteiger partial charge in [0.05, 0.1) is 51.2 Å². The van der Waals surface area contributed by atoms with Gasteiger partial charge in [0.2, 0.25) is 0 Å². The largest absolute Gasteiger partial charge is 0.497 e. The molecule has 2 aliphatic rings. The summed E-state index contributed by atoms with van der Waals surface area (Å²) in [5.41, 5.74) is 14.8. The summed E-state index contributed by atoms with van der Waals surface area (Å²) >= 11 is 0. The van der Waals surface area contributed by atoms with Gasteiger partial charge in [-0.15, -0.1) is 0 Å². The summed E-state index contributed by atoms with van der Waals surface area (Å²) in [7, 11) is 6.71. The van der Waals surface area contributed by atoms with Crippen molar-refractivity contribution in [2.45, 2.75) is 0 Å². The quantitative estimate of drug-likeness (QED) is 0.149. The zero-order chi connectivity index (χ0) is 38.2. The predicted molar refractivity (Wildman–Crippen MR) is 227 cm³/mol. The fourth-order valence-electron chi connectivity index (χ4n) is 7.45. The number of methoxy groups -OCH3 is 4. The first-order chi connectivity index (χ1) is 27.5. The molecule has 282 valence electrons. The van der Waals surface area contributed by atoms with Crippen molar-refractivity contribution in [3.63, 3.8) is 0 Å². The molecule has 0 spiro atoms. The maximum Gasteiger partial charge on any atom is 0.118 e. The second kappa shape index (κ2) is 15.7. The number of fused-ring (bicyclic) bond motifs is 8. The van der Waals surface area contributed by atoms with Gasteiger partial charge in [-0.1, -0.05) is 48.5 Å². The fourth-order valence-corrected chi connectivity index (χ4v) is 7.45. The summed E-state index contributed by atoms with van der Waals surface area (Å²) in [5, 5.41) is 0. The van der Waals surface area contributed by atoms with Crippen LogP contribution < -0.4 is 18.9 Å². The second-order valence-electron chi connectivity index (χ2n) is 13.4. The van der Waals surface area contributed by atoms with Gasteiger partial charge in [0, 0.05) is 61.4 Å². The number of H-pyrrole nitrogens is 2. The van der Waals surface area contributed by atoms with Crippen LogP contribution >= 0.6 is 0 Å². The van der Waals surface area contributed by atoms with Crippen molar-refractivity contribution >= 4 is 46.4 Å². The standard InChI is InChI=1S/C48H38N4O4.Fe/c1-53-33-13-5-29(6-14-33)45-37-21-23-39(49-37)46(30-7-15-34(54-2)16-8-30)41-25-27-43(51-41)48(32-11-19-36(56-4)20-12-32)44-28-26-42(52-44)47(40-24-22-38(45)50-40)31-9-17-35(55-3)18-10-31;/h5-28,49,52H,1-4H3;. The van der Waals surface area contributed by atoms with E-state index in [2.05, 4.69) is 107 Å². The number of hydrogen-bond donors (Lipinski definition) is 2. The Morgan fingerprint density at radius 2 is 0.526 bits per heavy atom. The smallest absolute Gasteiger partial charge is 0.118 e. The molecule has 8 bridgehead atoms. The Balaban J connectivity index is 0.00000455. The maximum atomic E-state index is 5.53. The first-order valence-corrected chi connectivity index (χ1v) is 18.3. The number of benzene rings is 4. The monoisotopic (exact) mass is 790 g/mol. The average molecular weight is 791 g/mol. The van der Waals surface area contributed by atoms with E-state index in [0.29, 0.717) is 0 Å². The minimum Gasteiger partial charge on any atom is -0.497 e. The van der Waals surface area contributed by atoms with Gasteiger partial charge in [0.15, 0.2) is 0 Å². The number of nitrogens with one attached hydrogen (secondary N) is 2. The van der Waals surface area contributed by atoms with Crippen LogP contribution in [0.25, 0.3) is 90.9 Å². The molecule has 0 aliphatic carbocycles. The van der Waals surface area contributed by atoms with Crippen molar-refractivity contribution in [1.29, 1.82) is 0 Å². The Morgan fingerprint density at radius 1 is 0.316 bits per heavy atom. The number of hydrogen-bond acceptors (Lipinski definition) is 6. The van der Waals surface area contributed by atoms with E-state index in [1.165, 1.54) is 0 Å². The molecular weight excluding hydrogens is 752 g/mol. The van der Waals surface area contributed by atoms with Gasteiger partial charge >= 0.3 is 0 Å². The molecule has 5 heterocycles. The molecule has 8 nitrogen and oxygen atoms in total. The first kappa shape index (κ1) is 37.1. The Morgan fingerprint density at radius 3 is 0.719 bits per heavy atom. The van der Waals surface area contributed by atoms with Crippen LogP contribution in [-0.4, -0.2) is 48.4 Å². The van der Waals surface area contributed by atoms with Crippen molar-refractivity contribution in [2.75, 3.05) is 28.4 Å². The Labute approximate surface area is 341 Å². The molecule has 0 fully saturated rings. The molecule has 57 heavy (non-hydrogen) atoms. The number of aromatic amines is 2. The van der Waals surface area contributed by atoms with Gasteiger partial charge in [-0.05, 0) is 119 Å². The molecular formula is C48H38FeN4O4. The Bertz CT molecular complexity index is 2440. The number of rotatable bonds is 8. The minimum absolute atomic E-state index is 0. The molecule has 0 saturated carbocycles. The SMILES string of the molecule is COc1ccc(-c2c3nc(c(-c4ccc(OC)cc4)c4ccc([nH]4)c(-c4ccc(OC)cc4)c4nc(c(-c5ccc(OC)cc5)c5ccc2[nH]5)C=C4)C=C3)cc1.[Fe]. The maximum absolute atomic E-state index is 5.53. The Kier molecular flexibility index (Phi) is 10.3. The summed E-state index contributed by atoms with van der Waals surface area (Å²) in [5.74, 6) is 3.12. The Hall–Kier alpha value is -6.80. The third-order valence-electron chi connectivity index (χ3n) is 10.3. The van der Waals surface area contributed by atoms with Crippen molar-refractivity contribution in [3.05, 3.63) is 144 Å². The molecule has 0 atom stereocenters. The van der Waals surface area contributed by atoms with Crippen molar-refractivity contribution in [3.8, 4) is 67.5 Å². The van der Waals surface area contributed by atoms with Crippen LogP contribution in [-0.2, 0) is 17.1 Å². The van der Waals surface area contributed by atoms with E-state index in [1.54, 1.807) is 28.4 Å². The van der Waals surface area contributed by atoms with E-state index in [-0.39, 0.29) is 17.1 Å². The summed E-state index contributed by atoms with van der Waals surface area (Å²) in [6, 6.07) is 40.9. The van der Waals surface area contributed by atoms with Crippen molar-refractivity contribution < 1.29 is 36.0 Å². The number of nitrogens with zero attached hydrogens (tertiary/aromatic N) is 2. The zero-order valence-electron chi connectivity index (χ0n) is 31.7. The van der Waals surface area contributed by atoms with E-state index < -0.39 is 0 Å². The predicted octanol–water partition coefficient (Wildman–Crippen LogP) is 11.4. The van der Waals surface area contributed by atoms with E-state index in [0.717, 1.165) is 112 Å². The molecule has 9 rings (SSSR count).